The van der Waals surface area contributed by atoms with Crippen LogP contribution in [0.3, 0.4) is 0 Å². The number of nitrogens with zero attached hydrogens (tertiary/aromatic N) is 2. The first-order valence-corrected chi connectivity index (χ1v) is 5.53. The number of pyridine rings is 1. The molecule has 0 aliphatic heterocycles. The van der Waals surface area contributed by atoms with E-state index >= 15 is 0 Å². The number of aromatic nitrogens is 1. The highest BCUT2D eigenvalue weighted by atomic mass is 16.4. The Hall–Kier alpha value is -2.87. The van der Waals surface area contributed by atoms with Crippen molar-refractivity contribution in [3.63, 3.8) is 0 Å². The van der Waals surface area contributed by atoms with Gasteiger partial charge in [-0.2, -0.15) is 5.26 Å². The van der Waals surface area contributed by atoms with Crippen LogP contribution in [0.5, 0.6) is 0 Å². The van der Waals surface area contributed by atoms with Gasteiger partial charge in [-0.1, -0.05) is 12.1 Å². The Morgan fingerprint density at radius 1 is 1.32 bits per heavy atom. The van der Waals surface area contributed by atoms with Crippen molar-refractivity contribution in [1.29, 1.82) is 5.26 Å². The van der Waals surface area contributed by atoms with Gasteiger partial charge < -0.3 is 9.67 Å². The van der Waals surface area contributed by atoms with Gasteiger partial charge >= 0.3 is 5.97 Å². The Morgan fingerprint density at radius 3 is 2.79 bits per heavy atom. The van der Waals surface area contributed by atoms with Gasteiger partial charge in [-0.05, 0) is 23.8 Å². The first-order valence-electron chi connectivity index (χ1n) is 5.53. The van der Waals surface area contributed by atoms with Crippen molar-refractivity contribution in [3.8, 4) is 6.07 Å². The molecule has 0 aliphatic rings. The number of benzene rings is 1. The number of carboxylic acids is 1. The van der Waals surface area contributed by atoms with E-state index in [1.807, 2.05) is 6.07 Å². The van der Waals surface area contributed by atoms with Crippen LogP contribution in [0.2, 0.25) is 0 Å². The largest absolute Gasteiger partial charge is 0.478 e. The fourth-order valence-corrected chi connectivity index (χ4v) is 1.72. The van der Waals surface area contributed by atoms with Gasteiger partial charge in [-0.15, -0.1) is 0 Å². The number of carboxylic acid groups (broad SMARTS) is 1. The topological polar surface area (TPSA) is 83.1 Å². The molecule has 0 radical (unpaired) electrons. The minimum Gasteiger partial charge on any atom is -0.478 e. The zero-order valence-corrected chi connectivity index (χ0v) is 9.91. The molecule has 0 atom stereocenters. The normalized spacial score (nSPS) is 9.84. The average Bonchev–Trinajstić information content (AvgIpc) is 2.41. The molecular formula is C14H10N2O3. The molecule has 0 fully saturated rings. The molecule has 2 rings (SSSR count). The molecule has 0 amide bonds. The molecule has 0 spiro atoms. The second-order valence-corrected chi connectivity index (χ2v) is 4.00. The molecule has 0 aliphatic carbocycles. The quantitative estimate of drug-likeness (QED) is 0.898. The average molecular weight is 254 g/mol. The molecule has 1 heterocycles. The molecule has 0 unspecified atom stereocenters. The third-order valence-electron chi connectivity index (χ3n) is 2.64. The van der Waals surface area contributed by atoms with Crippen molar-refractivity contribution in [2.24, 2.45) is 0 Å². The zero-order valence-electron chi connectivity index (χ0n) is 9.91. The standard InChI is InChI=1S/C14H10N2O3/c15-7-10-2-1-3-11(6-10)8-16-9-12(14(18)19)4-5-13(16)17/h1-6,9H,8H2,(H,18,19). The Balaban J connectivity index is 2.37. The fourth-order valence-electron chi connectivity index (χ4n) is 1.72. The van der Waals surface area contributed by atoms with Crippen molar-refractivity contribution >= 4 is 5.97 Å². The second kappa shape index (κ2) is 5.19. The molecule has 2 aromatic rings. The lowest BCUT2D eigenvalue weighted by molar-refractivity contribution is 0.0696. The van der Waals surface area contributed by atoms with E-state index in [1.165, 1.54) is 22.9 Å². The molecule has 1 aromatic carbocycles. The summed E-state index contributed by atoms with van der Waals surface area (Å²) in [6.45, 7) is 0.232. The molecule has 1 aromatic heterocycles. The highest BCUT2D eigenvalue weighted by Crippen LogP contribution is 2.06. The van der Waals surface area contributed by atoms with Crippen LogP contribution < -0.4 is 5.56 Å². The monoisotopic (exact) mass is 254 g/mol. The van der Waals surface area contributed by atoms with Gasteiger partial charge in [0.15, 0.2) is 0 Å². The Morgan fingerprint density at radius 2 is 2.11 bits per heavy atom. The molecule has 5 heteroatoms. The van der Waals surface area contributed by atoms with Crippen molar-refractivity contribution in [3.05, 3.63) is 69.6 Å². The van der Waals surface area contributed by atoms with Crippen LogP contribution in [0.25, 0.3) is 0 Å². The number of carbonyl (C=O) groups is 1. The summed E-state index contributed by atoms with van der Waals surface area (Å²) in [5, 5.41) is 17.7. The molecule has 0 saturated heterocycles. The summed E-state index contributed by atoms with van der Waals surface area (Å²) >= 11 is 0. The fraction of sp³-hybridized carbons (Fsp3) is 0.0714. The van der Waals surface area contributed by atoms with Gasteiger partial charge in [0.2, 0.25) is 0 Å². The van der Waals surface area contributed by atoms with Crippen molar-refractivity contribution < 1.29 is 9.90 Å². The Labute approximate surface area is 109 Å². The number of rotatable bonds is 3. The molecule has 94 valence electrons. The number of hydrogen-bond donors (Lipinski definition) is 1. The van der Waals surface area contributed by atoms with Crippen LogP contribution in [-0.4, -0.2) is 15.6 Å². The predicted molar refractivity (Wildman–Crippen MR) is 67.9 cm³/mol. The van der Waals surface area contributed by atoms with Crippen LogP contribution in [0.4, 0.5) is 0 Å². The van der Waals surface area contributed by atoms with Crippen LogP contribution in [-0.2, 0) is 6.54 Å². The SMILES string of the molecule is N#Cc1cccc(Cn2cc(C(=O)O)ccc2=O)c1. The van der Waals surface area contributed by atoms with Crippen LogP contribution >= 0.6 is 0 Å². The summed E-state index contributed by atoms with van der Waals surface area (Å²) in [6, 6.07) is 11.3. The predicted octanol–water partition coefficient (Wildman–Crippen LogP) is 1.47. The smallest absolute Gasteiger partial charge is 0.337 e. The van der Waals surface area contributed by atoms with E-state index in [9.17, 15) is 9.59 Å². The van der Waals surface area contributed by atoms with E-state index in [4.69, 9.17) is 10.4 Å². The van der Waals surface area contributed by atoms with E-state index in [0.29, 0.717) is 5.56 Å². The van der Waals surface area contributed by atoms with Crippen LogP contribution in [0.15, 0.2) is 47.4 Å². The van der Waals surface area contributed by atoms with Crippen LogP contribution in [0, 0.1) is 11.3 Å². The molecular weight excluding hydrogens is 244 g/mol. The minimum atomic E-state index is -1.08. The third kappa shape index (κ3) is 2.87. The zero-order chi connectivity index (χ0) is 13.8. The first-order chi connectivity index (χ1) is 9.10. The number of nitriles is 1. The lowest BCUT2D eigenvalue weighted by Crippen LogP contribution is -2.20. The maximum Gasteiger partial charge on any atom is 0.337 e. The van der Waals surface area contributed by atoms with Crippen molar-refractivity contribution in [1.82, 2.24) is 4.57 Å². The third-order valence-corrected chi connectivity index (χ3v) is 2.64. The first kappa shape index (κ1) is 12.6. The molecule has 0 bridgehead atoms. The molecule has 5 nitrogen and oxygen atoms in total. The van der Waals surface area contributed by atoms with Gasteiger partial charge in [0.25, 0.3) is 5.56 Å². The highest BCUT2D eigenvalue weighted by molar-refractivity contribution is 5.87. The van der Waals surface area contributed by atoms with Gasteiger partial charge in [-0.25, -0.2) is 4.79 Å². The van der Waals surface area contributed by atoms with E-state index in [2.05, 4.69) is 0 Å². The molecule has 1 N–H and O–H groups in total. The maximum atomic E-state index is 11.7. The lowest BCUT2D eigenvalue weighted by atomic mass is 10.1. The van der Waals surface area contributed by atoms with Gasteiger partial charge in [0.05, 0.1) is 23.7 Å². The lowest BCUT2D eigenvalue weighted by Gasteiger charge is -2.06. The number of hydrogen-bond acceptors (Lipinski definition) is 3. The van der Waals surface area contributed by atoms with Crippen LogP contribution in [0.1, 0.15) is 21.5 Å². The van der Waals surface area contributed by atoms with Crippen molar-refractivity contribution in [2.75, 3.05) is 0 Å². The Bertz CT molecular complexity index is 726. The summed E-state index contributed by atoms with van der Waals surface area (Å²) in [6.07, 6.45) is 1.30. The summed E-state index contributed by atoms with van der Waals surface area (Å²) in [5.74, 6) is -1.08. The van der Waals surface area contributed by atoms with Gasteiger partial charge in [-0.3, -0.25) is 4.79 Å². The number of aromatic carboxylic acids is 1. The van der Waals surface area contributed by atoms with E-state index < -0.39 is 5.97 Å². The summed E-state index contributed by atoms with van der Waals surface area (Å²) in [7, 11) is 0. The Kier molecular flexibility index (Phi) is 3.44. The second-order valence-electron chi connectivity index (χ2n) is 4.00. The van der Waals surface area contributed by atoms with E-state index in [0.717, 1.165) is 5.56 Å². The summed E-state index contributed by atoms with van der Waals surface area (Å²) < 4.78 is 1.31. The molecule has 0 saturated carbocycles. The van der Waals surface area contributed by atoms with Crippen molar-refractivity contribution in [2.45, 2.75) is 6.54 Å². The van der Waals surface area contributed by atoms with Gasteiger partial charge in [0, 0.05) is 12.3 Å². The van der Waals surface area contributed by atoms with E-state index in [1.54, 1.807) is 24.3 Å². The van der Waals surface area contributed by atoms with Gasteiger partial charge in [0.1, 0.15) is 0 Å². The molecule has 19 heavy (non-hydrogen) atoms. The minimum absolute atomic E-state index is 0.0519. The summed E-state index contributed by atoms with van der Waals surface area (Å²) in [5.41, 5.74) is 1.03. The highest BCUT2D eigenvalue weighted by Gasteiger charge is 2.06. The maximum absolute atomic E-state index is 11.7. The summed E-state index contributed by atoms with van der Waals surface area (Å²) in [4.78, 5) is 22.5. The van der Waals surface area contributed by atoms with E-state index in [-0.39, 0.29) is 17.7 Å².